The van der Waals surface area contributed by atoms with Gasteiger partial charge in [0.25, 0.3) is 0 Å². The molecule has 0 aromatic rings. The van der Waals surface area contributed by atoms with E-state index in [4.69, 9.17) is 33.2 Å². The van der Waals surface area contributed by atoms with Crippen LogP contribution in [0.25, 0.3) is 0 Å². The predicted molar refractivity (Wildman–Crippen MR) is 199 cm³/mol. The quantitative estimate of drug-likeness (QED) is 0.240. The molecule has 3 saturated heterocycles. The summed E-state index contributed by atoms with van der Waals surface area (Å²) in [5, 5.41) is 35.4. The smallest absolute Gasteiger partial charge is 0.311 e. The van der Waals surface area contributed by atoms with E-state index in [0.29, 0.717) is 12.8 Å². The molecule has 15 nitrogen and oxygen atoms in total. The van der Waals surface area contributed by atoms with Gasteiger partial charge < -0.3 is 53.4 Å². The van der Waals surface area contributed by atoms with E-state index < -0.39 is 114 Å². The van der Waals surface area contributed by atoms with E-state index in [2.05, 4.69) is 0 Å². The number of ketones is 1. The Morgan fingerprint density at radius 3 is 2.02 bits per heavy atom. The first kappa shape index (κ1) is 47.1. The third-order valence-corrected chi connectivity index (χ3v) is 11.9. The van der Waals surface area contributed by atoms with Crippen molar-refractivity contribution in [3.8, 4) is 0 Å². The van der Waals surface area contributed by atoms with Gasteiger partial charge in [-0.05, 0) is 68.0 Å². The molecule has 55 heavy (non-hydrogen) atoms. The molecule has 3 fully saturated rings. The summed E-state index contributed by atoms with van der Waals surface area (Å²) in [5.74, 6) is -6.25. The van der Waals surface area contributed by atoms with Crippen molar-refractivity contribution in [2.45, 2.75) is 187 Å². The van der Waals surface area contributed by atoms with Crippen molar-refractivity contribution in [3.63, 3.8) is 0 Å². The van der Waals surface area contributed by atoms with Crippen LogP contribution in [0.15, 0.2) is 0 Å². The van der Waals surface area contributed by atoms with E-state index in [0.717, 1.165) is 0 Å². The van der Waals surface area contributed by atoms with E-state index in [9.17, 15) is 34.5 Å². The summed E-state index contributed by atoms with van der Waals surface area (Å²) in [6, 6.07) is -0.342. The number of likely N-dealkylation sites (N-methyl/N-ethyl adjacent to an activating group) is 1. The number of cyclic esters (lactones) is 1. The molecule has 3 N–H and O–H groups in total. The Hall–Kier alpha value is -2.24. The molecular weight excluding hydrogens is 718 g/mol. The second-order valence-corrected chi connectivity index (χ2v) is 17.2. The zero-order valence-corrected chi connectivity index (χ0v) is 35.3. The molecule has 318 valence electrons. The van der Waals surface area contributed by atoms with Gasteiger partial charge in [-0.2, -0.15) is 0 Å². The van der Waals surface area contributed by atoms with Crippen molar-refractivity contribution in [1.29, 1.82) is 0 Å². The molecule has 15 heteroatoms. The van der Waals surface area contributed by atoms with Crippen LogP contribution >= 0.6 is 0 Å². The van der Waals surface area contributed by atoms with Crippen LogP contribution in [0.3, 0.4) is 0 Å². The van der Waals surface area contributed by atoms with E-state index in [1.54, 1.807) is 48.5 Å². The SMILES string of the molecule is CCC1OC(=O)C(C)C(OC2CC(C)(OC(C)=O)C(OC(C)=O)C(C)O2)C(C)C(OC2OC(C)CC(N(C)C)C2O)C(C)(O)CC(C)C(=O)C(C)C(O)C1C. The molecule has 0 radical (unpaired) electrons. The van der Waals surface area contributed by atoms with Gasteiger partial charge >= 0.3 is 17.9 Å². The average Bonchev–Trinajstić information content (AvgIpc) is 3.07. The van der Waals surface area contributed by atoms with Crippen LogP contribution in [0.2, 0.25) is 0 Å². The summed E-state index contributed by atoms with van der Waals surface area (Å²) in [7, 11) is 3.68. The number of ether oxygens (including phenoxy) is 7. The monoisotopic (exact) mass is 787 g/mol. The molecule has 0 aromatic heterocycles. The van der Waals surface area contributed by atoms with Crippen molar-refractivity contribution in [3.05, 3.63) is 0 Å². The highest BCUT2D eigenvalue weighted by Crippen LogP contribution is 2.41. The van der Waals surface area contributed by atoms with Crippen LogP contribution in [0.1, 0.15) is 109 Å². The van der Waals surface area contributed by atoms with Gasteiger partial charge in [-0.25, -0.2) is 0 Å². The highest BCUT2D eigenvalue weighted by Gasteiger charge is 2.54. The van der Waals surface area contributed by atoms with Crippen LogP contribution in [-0.4, -0.2) is 137 Å². The van der Waals surface area contributed by atoms with Crippen molar-refractivity contribution in [1.82, 2.24) is 4.90 Å². The molecule has 0 aromatic carbocycles. The molecule has 3 aliphatic heterocycles. The second-order valence-electron chi connectivity index (χ2n) is 17.2. The lowest BCUT2D eigenvalue weighted by Crippen LogP contribution is -2.61. The molecule has 0 amide bonds. The number of Topliss-reactive ketones (excluding diaryl/α,β-unsaturated/α-hetero) is 1. The third kappa shape index (κ3) is 11.2. The first-order valence-electron chi connectivity index (χ1n) is 19.8. The van der Waals surface area contributed by atoms with Gasteiger partial charge in [-0.3, -0.25) is 19.2 Å². The van der Waals surface area contributed by atoms with E-state index in [-0.39, 0.29) is 30.8 Å². The van der Waals surface area contributed by atoms with Gasteiger partial charge in [-0.15, -0.1) is 0 Å². The normalized spacial score (nSPS) is 45.3. The van der Waals surface area contributed by atoms with Crippen LogP contribution in [0, 0.1) is 29.6 Å². The fourth-order valence-electron chi connectivity index (χ4n) is 8.97. The Morgan fingerprint density at radius 2 is 1.47 bits per heavy atom. The fraction of sp³-hybridized carbons (Fsp3) is 0.900. The van der Waals surface area contributed by atoms with Gasteiger partial charge in [-0.1, -0.05) is 34.6 Å². The van der Waals surface area contributed by atoms with Crippen molar-refractivity contribution >= 4 is 23.7 Å². The van der Waals surface area contributed by atoms with Gasteiger partial charge in [0, 0.05) is 50.0 Å². The second kappa shape index (κ2) is 19.0. The number of carbonyl (C=O) groups is 4. The van der Waals surface area contributed by atoms with Crippen LogP contribution < -0.4 is 0 Å². The van der Waals surface area contributed by atoms with Crippen molar-refractivity contribution < 1.29 is 67.7 Å². The summed E-state index contributed by atoms with van der Waals surface area (Å²) in [4.78, 5) is 54.3. The highest BCUT2D eigenvalue weighted by molar-refractivity contribution is 5.83. The van der Waals surface area contributed by atoms with Gasteiger partial charge in [0.1, 0.15) is 18.0 Å². The molecular formula is C40H69NO14. The standard InChI is InChI=1S/C40H69NO14/c1-15-29-21(4)32(45)22(5)31(44)19(2)17-39(11,48)35(54-38-33(46)28(41(13)14)16-20(3)49-38)23(6)34(24(7)37(47)52-29)53-30-18-40(12,55-27(10)43)36(25(8)50-30)51-26(9)42/h19-25,28-30,32-36,38,45-46,48H,15-18H2,1-14H3. The van der Waals surface area contributed by atoms with Gasteiger partial charge in [0.15, 0.2) is 24.3 Å². The Labute approximate surface area is 327 Å². The minimum absolute atomic E-state index is 0.0987. The molecule has 3 aliphatic rings. The molecule has 0 saturated carbocycles. The van der Waals surface area contributed by atoms with E-state index in [1.165, 1.54) is 20.8 Å². The maximum atomic E-state index is 14.2. The minimum Gasteiger partial charge on any atom is -0.462 e. The summed E-state index contributed by atoms with van der Waals surface area (Å²) in [5.41, 5.74) is -3.19. The maximum Gasteiger partial charge on any atom is 0.311 e. The molecule has 0 spiro atoms. The van der Waals surface area contributed by atoms with Crippen LogP contribution in [0.4, 0.5) is 0 Å². The number of hydrogen-bond acceptors (Lipinski definition) is 15. The lowest BCUT2D eigenvalue weighted by molar-refractivity contribution is -0.317. The molecule has 3 heterocycles. The average molecular weight is 788 g/mol. The first-order chi connectivity index (χ1) is 25.3. The minimum atomic E-state index is -1.79. The van der Waals surface area contributed by atoms with E-state index >= 15 is 0 Å². The lowest BCUT2D eigenvalue weighted by atomic mass is 9.74. The third-order valence-electron chi connectivity index (χ3n) is 11.9. The maximum absolute atomic E-state index is 14.2. The van der Waals surface area contributed by atoms with Crippen molar-refractivity contribution in [2.24, 2.45) is 29.6 Å². The number of nitrogens with zero attached hydrogens (tertiary/aromatic N) is 1. The summed E-state index contributed by atoms with van der Waals surface area (Å²) >= 11 is 0. The number of aliphatic hydroxyl groups excluding tert-OH is 2. The molecule has 18 unspecified atom stereocenters. The molecule has 18 atom stereocenters. The van der Waals surface area contributed by atoms with Gasteiger partial charge in [0.2, 0.25) is 0 Å². The molecule has 0 aliphatic carbocycles. The topological polar surface area (TPSA) is 197 Å². The predicted octanol–water partition coefficient (Wildman–Crippen LogP) is 3.16. The zero-order chi connectivity index (χ0) is 41.9. The number of carbonyl (C=O) groups excluding carboxylic acids is 4. The van der Waals surface area contributed by atoms with E-state index in [1.807, 2.05) is 32.8 Å². The number of esters is 3. The Bertz CT molecular complexity index is 1330. The molecule has 3 rings (SSSR count). The Balaban J connectivity index is 2.19. The summed E-state index contributed by atoms with van der Waals surface area (Å²) in [6.45, 7) is 19.4. The number of hydrogen-bond donors (Lipinski definition) is 3. The van der Waals surface area contributed by atoms with Crippen LogP contribution in [-0.2, 0) is 52.3 Å². The largest absolute Gasteiger partial charge is 0.462 e. The van der Waals surface area contributed by atoms with Gasteiger partial charge in [0.05, 0.1) is 42.0 Å². The van der Waals surface area contributed by atoms with Crippen molar-refractivity contribution in [2.75, 3.05) is 14.1 Å². The highest BCUT2D eigenvalue weighted by atomic mass is 16.7. The number of aliphatic hydroxyl groups is 3. The summed E-state index contributed by atoms with van der Waals surface area (Å²) < 4.78 is 43.1. The fourth-order valence-corrected chi connectivity index (χ4v) is 8.97. The lowest BCUT2D eigenvalue weighted by Gasteiger charge is -2.49. The zero-order valence-electron chi connectivity index (χ0n) is 35.3. The Morgan fingerprint density at radius 1 is 0.855 bits per heavy atom. The number of rotatable bonds is 8. The summed E-state index contributed by atoms with van der Waals surface area (Å²) in [6.07, 6.45) is -9.16. The first-order valence-corrected chi connectivity index (χ1v) is 19.8. The molecule has 0 bridgehead atoms. The van der Waals surface area contributed by atoms with Crippen LogP contribution in [0.5, 0.6) is 0 Å². The Kier molecular flexibility index (Phi) is 16.3.